The fourth-order valence-corrected chi connectivity index (χ4v) is 1.42. The van der Waals surface area contributed by atoms with Crippen LogP contribution in [0.4, 0.5) is 0 Å². The maximum Gasteiger partial charge on any atom is 0.351 e. The van der Waals surface area contributed by atoms with E-state index in [9.17, 15) is 9.59 Å². The van der Waals surface area contributed by atoms with E-state index in [2.05, 4.69) is 11.3 Å². The predicted molar refractivity (Wildman–Crippen MR) is 54.4 cm³/mol. The summed E-state index contributed by atoms with van der Waals surface area (Å²) < 4.78 is 9.25. The van der Waals surface area contributed by atoms with Crippen LogP contribution in [-0.4, -0.2) is 25.2 Å². The average molecular weight is 251 g/mol. The average Bonchev–Trinajstić information content (AvgIpc) is 2.45. The first-order valence-electron chi connectivity index (χ1n) is 3.99. The van der Waals surface area contributed by atoms with E-state index in [1.54, 1.807) is 0 Å². The second-order valence-electron chi connectivity index (χ2n) is 2.86. The van der Waals surface area contributed by atoms with Crippen molar-refractivity contribution in [1.82, 2.24) is 0 Å². The molecule has 0 fully saturated rings. The zero-order valence-electron chi connectivity index (χ0n) is 7.88. The van der Waals surface area contributed by atoms with Crippen molar-refractivity contribution >= 4 is 35.1 Å². The number of carbonyl (C=O) groups excluding carboxylic acids is 2. The first kappa shape index (κ1) is 12.1. The van der Waals surface area contributed by atoms with E-state index in [0.717, 1.165) is 0 Å². The fraction of sp³-hybridized carbons (Fsp3) is 0.333. The second kappa shape index (κ2) is 4.68. The molecular weight excluding hydrogens is 243 g/mol. The summed E-state index contributed by atoms with van der Waals surface area (Å²) in [6, 6.07) is 0. The quantitative estimate of drug-likeness (QED) is 0.566. The Morgan fingerprint density at radius 1 is 1.60 bits per heavy atom. The van der Waals surface area contributed by atoms with Crippen molar-refractivity contribution in [3.05, 3.63) is 22.2 Å². The number of halogens is 2. The van der Waals surface area contributed by atoms with E-state index in [1.165, 1.54) is 7.11 Å². The van der Waals surface area contributed by atoms with Gasteiger partial charge in [0.15, 0.2) is 0 Å². The van der Waals surface area contributed by atoms with E-state index >= 15 is 0 Å². The fourth-order valence-electron chi connectivity index (χ4n) is 1.05. The van der Waals surface area contributed by atoms with Crippen LogP contribution < -0.4 is 0 Å². The van der Waals surface area contributed by atoms with Gasteiger partial charge in [0.25, 0.3) is 0 Å². The Bertz CT molecular complexity index is 359. The summed E-state index contributed by atoms with van der Waals surface area (Å²) in [6.07, 6.45) is -0.661. The van der Waals surface area contributed by atoms with Gasteiger partial charge in [-0.15, -0.1) is 0 Å². The number of methoxy groups -OCH3 is 1. The third-order valence-electron chi connectivity index (χ3n) is 1.83. The van der Waals surface area contributed by atoms with E-state index in [1.807, 2.05) is 0 Å². The zero-order chi connectivity index (χ0) is 11.6. The zero-order valence-corrected chi connectivity index (χ0v) is 9.39. The summed E-state index contributed by atoms with van der Waals surface area (Å²) in [5, 5.41) is -0.0638. The summed E-state index contributed by atoms with van der Waals surface area (Å²) in [4.78, 5) is 22.0. The number of hydrogen-bond donors (Lipinski definition) is 0. The number of cyclic esters (lactones) is 1. The van der Waals surface area contributed by atoms with E-state index in [4.69, 9.17) is 27.9 Å². The highest BCUT2D eigenvalue weighted by atomic mass is 35.5. The van der Waals surface area contributed by atoms with Crippen LogP contribution in [-0.2, 0) is 19.1 Å². The lowest BCUT2D eigenvalue weighted by atomic mass is 10.1. The molecule has 0 radical (unpaired) electrons. The Labute approximate surface area is 96.4 Å². The molecule has 4 nitrogen and oxygen atoms in total. The Morgan fingerprint density at radius 2 is 2.20 bits per heavy atom. The predicted octanol–water partition coefficient (Wildman–Crippen LogP) is 1.72. The van der Waals surface area contributed by atoms with Gasteiger partial charge in [-0.1, -0.05) is 29.8 Å². The van der Waals surface area contributed by atoms with Gasteiger partial charge in [0.05, 0.1) is 12.1 Å². The Kier molecular flexibility index (Phi) is 3.77. The first-order chi connectivity index (χ1) is 6.97. The molecule has 0 aromatic rings. The van der Waals surface area contributed by atoms with Gasteiger partial charge in [-0.25, -0.2) is 9.59 Å². The van der Waals surface area contributed by atoms with Crippen LogP contribution in [0.2, 0.25) is 0 Å². The monoisotopic (exact) mass is 250 g/mol. The molecule has 1 heterocycles. The summed E-state index contributed by atoms with van der Waals surface area (Å²) >= 11 is 11.3. The molecule has 6 heteroatoms. The number of hydrogen-bond acceptors (Lipinski definition) is 4. The van der Waals surface area contributed by atoms with Gasteiger partial charge in [-0.3, -0.25) is 0 Å². The third kappa shape index (κ3) is 2.52. The molecule has 1 aliphatic heterocycles. The van der Waals surface area contributed by atoms with Crippen molar-refractivity contribution in [2.75, 3.05) is 7.11 Å². The number of rotatable bonds is 3. The van der Waals surface area contributed by atoms with E-state index < -0.39 is 18.0 Å². The van der Waals surface area contributed by atoms with Crippen LogP contribution in [0.3, 0.4) is 0 Å². The molecule has 1 unspecified atom stereocenters. The van der Waals surface area contributed by atoms with Crippen LogP contribution >= 0.6 is 23.2 Å². The van der Waals surface area contributed by atoms with Crippen molar-refractivity contribution in [3.63, 3.8) is 0 Å². The Hall–Kier alpha value is -1.00. The smallest absolute Gasteiger partial charge is 0.351 e. The van der Waals surface area contributed by atoms with Crippen molar-refractivity contribution < 1.29 is 19.1 Å². The van der Waals surface area contributed by atoms with Crippen molar-refractivity contribution in [1.29, 1.82) is 0 Å². The molecular formula is C9H8Cl2O4. The summed E-state index contributed by atoms with van der Waals surface area (Å²) in [7, 11) is 1.23. The number of esters is 2. The molecule has 0 N–H and O–H groups in total. The number of carbonyl (C=O) groups is 2. The van der Waals surface area contributed by atoms with Gasteiger partial charge < -0.3 is 9.47 Å². The second-order valence-corrected chi connectivity index (χ2v) is 3.64. The normalized spacial score (nSPS) is 20.2. The molecule has 0 aliphatic carbocycles. The Balaban J connectivity index is 2.67. The van der Waals surface area contributed by atoms with E-state index in [0.29, 0.717) is 0 Å². The van der Waals surface area contributed by atoms with Crippen LogP contribution in [0.15, 0.2) is 22.2 Å². The molecule has 15 heavy (non-hydrogen) atoms. The SMILES string of the molecule is C=C(CC1OC(=O)C(Cl)=C1Cl)C(=O)OC. The van der Waals surface area contributed by atoms with Crippen molar-refractivity contribution in [2.24, 2.45) is 0 Å². The highest BCUT2D eigenvalue weighted by Crippen LogP contribution is 2.31. The largest absolute Gasteiger partial charge is 0.466 e. The van der Waals surface area contributed by atoms with E-state index in [-0.39, 0.29) is 22.1 Å². The summed E-state index contributed by atoms with van der Waals surface area (Å²) in [6.45, 7) is 3.48. The minimum absolute atomic E-state index is 0.0769. The van der Waals surface area contributed by atoms with Crippen LogP contribution in [0.1, 0.15) is 6.42 Å². The van der Waals surface area contributed by atoms with Gasteiger partial charge in [-0.05, 0) is 0 Å². The molecule has 0 bridgehead atoms. The molecule has 0 saturated heterocycles. The molecule has 0 amide bonds. The highest BCUT2D eigenvalue weighted by molar-refractivity contribution is 6.48. The molecule has 0 spiro atoms. The third-order valence-corrected chi connectivity index (χ3v) is 2.71. The summed E-state index contributed by atoms with van der Waals surface area (Å²) in [5.41, 5.74) is 0.166. The lowest BCUT2D eigenvalue weighted by Gasteiger charge is -2.10. The standard InChI is InChI=1S/C9H8Cl2O4/c1-4(8(12)14-2)3-5-6(10)7(11)9(13)15-5/h5H,1,3H2,2H3. The summed E-state index contributed by atoms with van der Waals surface area (Å²) in [5.74, 6) is -1.26. The first-order valence-corrected chi connectivity index (χ1v) is 4.75. The lowest BCUT2D eigenvalue weighted by molar-refractivity contribution is -0.141. The molecule has 0 saturated carbocycles. The Morgan fingerprint density at radius 3 is 2.60 bits per heavy atom. The molecule has 1 rings (SSSR count). The highest BCUT2D eigenvalue weighted by Gasteiger charge is 2.33. The van der Waals surface area contributed by atoms with Gasteiger partial charge in [0.2, 0.25) is 0 Å². The van der Waals surface area contributed by atoms with Gasteiger partial charge >= 0.3 is 11.9 Å². The topological polar surface area (TPSA) is 52.6 Å². The molecule has 0 aromatic heterocycles. The van der Waals surface area contributed by atoms with Crippen LogP contribution in [0.5, 0.6) is 0 Å². The van der Waals surface area contributed by atoms with Gasteiger partial charge in [-0.2, -0.15) is 0 Å². The molecule has 1 aliphatic rings. The molecule has 1 atom stereocenters. The molecule has 0 aromatic carbocycles. The van der Waals surface area contributed by atoms with Crippen LogP contribution in [0, 0.1) is 0 Å². The minimum atomic E-state index is -0.738. The van der Waals surface area contributed by atoms with Gasteiger partial charge in [0, 0.05) is 12.0 Å². The minimum Gasteiger partial charge on any atom is -0.466 e. The van der Waals surface area contributed by atoms with Crippen molar-refractivity contribution in [3.8, 4) is 0 Å². The maximum atomic E-state index is 11.0. The van der Waals surface area contributed by atoms with Crippen molar-refractivity contribution in [2.45, 2.75) is 12.5 Å². The maximum absolute atomic E-state index is 11.0. The molecule has 82 valence electrons. The lowest BCUT2D eigenvalue weighted by Crippen LogP contribution is -2.15. The van der Waals surface area contributed by atoms with Crippen LogP contribution in [0.25, 0.3) is 0 Å². The van der Waals surface area contributed by atoms with Gasteiger partial charge in [0.1, 0.15) is 11.1 Å². The number of ether oxygens (including phenoxy) is 2.